The summed E-state index contributed by atoms with van der Waals surface area (Å²) in [6.07, 6.45) is 2.26. The Morgan fingerprint density at radius 1 is 1.12 bits per heavy atom. The molecule has 3 fully saturated rings. The molecule has 174 valence electrons. The van der Waals surface area contributed by atoms with Gasteiger partial charge in [0.15, 0.2) is 0 Å². The number of methoxy groups -OCH3 is 1. The molecule has 0 unspecified atom stereocenters. The third kappa shape index (κ3) is 4.14. The summed E-state index contributed by atoms with van der Waals surface area (Å²) in [4.78, 5) is 44.0. The number of rotatable bonds is 4. The fourth-order valence-electron chi connectivity index (χ4n) is 5.97. The molecule has 1 saturated carbocycles. The first-order valence-electron chi connectivity index (χ1n) is 11.4. The first-order chi connectivity index (χ1) is 15.1. The zero-order valence-corrected chi connectivity index (χ0v) is 19.5. The summed E-state index contributed by atoms with van der Waals surface area (Å²) < 4.78 is 5.45. The quantitative estimate of drug-likeness (QED) is 0.725. The molecule has 1 aromatic carbocycles. The molecule has 8 heteroatoms. The second-order valence-corrected chi connectivity index (χ2v) is 10.3. The maximum absolute atomic E-state index is 13.3. The minimum absolute atomic E-state index is 0.0323. The molecule has 2 saturated heterocycles. The van der Waals surface area contributed by atoms with Gasteiger partial charge < -0.3 is 19.9 Å². The van der Waals surface area contributed by atoms with Gasteiger partial charge in [-0.1, -0.05) is 32.9 Å². The summed E-state index contributed by atoms with van der Waals surface area (Å²) in [6.45, 7) is 8.61. The molecule has 0 bridgehead atoms. The van der Waals surface area contributed by atoms with Crippen LogP contribution in [0.5, 0.6) is 5.75 Å². The van der Waals surface area contributed by atoms with Gasteiger partial charge in [0, 0.05) is 26.2 Å². The summed E-state index contributed by atoms with van der Waals surface area (Å²) in [5.41, 5.74) is 0.100. The fourth-order valence-corrected chi connectivity index (χ4v) is 5.97. The number of ether oxygens (including phenoxy) is 1. The molecular formula is C24H34N4O4. The summed E-state index contributed by atoms with van der Waals surface area (Å²) >= 11 is 0. The number of hydrogen-bond acceptors (Lipinski definition) is 5. The van der Waals surface area contributed by atoms with E-state index in [0.29, 0.717) is 44.9 Å². The lowest BCUT2D eigenvalue weighted by molar-refractivity contribution is -0.140. The standard InChI is InChI=1S/C24H34N4O4/c1-17-13-23(2,3)16-24(14-17)21(30)28(22(31)25-24)15-20(29)27-11-9-26(10-12-27)18-7-5-6-8-19(18)32-4/h5-8,17H,9-16H2,1-4H3,(H,25,31)/t17-,24-/m1/s1. The minimum Gasteiger partial charge on any atom is -0.495 e. The van der Waals surface area contributed by atoms with E-state index in [9.17, 15) is 14.4 Å². The number of nitrogens with one attached hydrogen (secondary N) is 1. The van der Waals surface area contributed by atoms with Crippen LogP contribution in [0.25, 0.3) is 0 Å². The summed E-state index contributed by atoms with van der Waals surface area (Å²) in [7, 11) is 1.65. The van der Waals surface area contributed by atoms with Crippen molar-refractivity contribution in [2.24, 2.45) is 11.3 Å². The predicted molar refractivity (Wildman–Crippen MR) is 122 cm³/mol. The molecule has 0 radical (unpaired) electrons. The summed E-state index contributed by atoms with van der Waals surface area (Å²) in [6, 6.07) is 7.39. The molecule has 3 aliphatic rings. The van der Waals surface area contributed by atoms with Crippen molar-refractivity contribution in [3.63, 3.8) is 0 Å². The molecule has 1 N–H and O–H groups in total. The Labute approximate surface area is 189 Å². The highest BCUT2D eigenvalue weighted by molar-refractivity contribution is 6.09. The van der Waals surface area contributed by atoms with Crippen molar-refractivity contribution in [3.8, 4) is 5.75 Å². The van der Waals surface area contributed by atoms with E-state index in [-0.39, 0.29) is 23.8 Å². The number of imide groups is 1. The van der Waals surface area contributed by atoms with Crippen molar-refractivity contribution in [3.05, 3.63) is 24.3 Å². The normalized spacial score (nSPS) is 27.6. The molecule has 2 heterocycles. The van der Waals surface area contributed by atoms with Crippen LogP contribution >= 0.6 is 0 Å². The van der Waals surface area contributed by atoms with Gasteiger partial charge in [0.1, 0.15) is 17.8 Å². The maximum Gasteiger partial charge on any atom is 0.325 e. The van der Waals surface area contributed by atoms with E-state index in [0.717, 1.165) is 22.8 Å². The first-order valence-corrected chi connectivity index (χ1v) is 11.4. The number of para-hydroxylation sites is 2. The van der Waals surface area contributed by atoms with Crippen molar-refractivity contribution < 1.29 is 19.1 Å². The van der Waals surface area contributed by atoms with E-state index >= 15 is 0 Å². The molecule has 8 nitrogen and oxygen atoms in total. The van der Waals surface area contributed by atoms with E-state index in [2.05, 4.69) is 31.0 Å². The van der Waals surface area contributed by atoms with Crippen LogP contribution in [0.2, 0.25) is 0 Å². The topological polar surface area (TPSA) is 82.2 Å². The Hall–Kier alpha value is -2.77. The minimum atomic E-state index is -0.874. The number of piperazine rings is 1. The van der Waals surface area contributed by atoms with Gasteiger partial charge in [-0.05, 0) is 42.7 Å². The van der Waals surface area contributed by atoms with Crippen molar-refractivity contribution >= 4 is 23.5 Å². The molecule has 0 aromatic heterocycles. The van der Waals surface area contributed by atoms with Gasteiger partial charge in [0.2, 0.25) is 5.91 Å². The molecule has 2 aliphatic heterocycles. The van der Waals surface area contributed by atoms with E-state index in [1.165, 1.54) is 0 Å². The molecule has 1 aliphatic carbocycles. The predicted octanol–water partition coefficient (Wildman–Crippen LogP) is 2.48. The average Bonchev–Trinajstić information content (AvgIpc) is 2.95. The number of benzene rings is 1. The van der Waals surface area contributed by atoms with Crippen molar-refractivity contribution in [2.75, 3.05) is 44.7 Å². The van der Waals surface area contributed by atoms with Gasteiger partial charge in [-0.3, -0.25) is 14.5 Å². The number of anilines is 1. The smallest absolute Gasteiger partial charge is 0.325 e. The highest BCUT2D eigenvalue weighted by Gasteiger charge is 2.56. The number of amides is 4. The molecule has 1 spiro atoms. The fraction of sp³-hybridized carbons (Fsp3) is 0.625. The Bertz CT molecular complexity index is 909. The summed E-state index contributed by atoms with van der Waals surface area (Å²) in [5, 5.41) is 2.95. The van der Waals surface area contributed by atoms with Gasteiger partial charge in [0.25, 0.3) is 5.91 Å². The Morgan fingerprint density at radius 3 is 2.47 bits per heavy atom. The number of urea groups is 1. The second-order valence-electron chi connectivity index (χ2n) is 10.3. The maximum atomic E-state index is 13.3. The zero-order chi connectivity index (χ0) is 23.1. The first kappa shape index (κ1) is 22.4. The van der Waals surface area contributed by atoms with E-state index in [1.54, 1.807) is 12.0 Å². The lowest BCUT2D eigenvalue weighted by Crippen LogP contribution is -2.55. The Balaban J connectivity index is 1.38. The third-order valence-electron chi connectivity index (χ3n) is 6.98. The highest BCUT2D eigenvalue weighted by Crippen LogP contribution is 2.46. The summed E-state index contributed by atoms with van der Waals surface area (Å²) in [5.74, 6) is 0.708. The molecule has 32 heavy (non-hydrogen) atoms. The van der Waals surface area contributed by atoms with Gasteiger partial charge in [-0.2, -0.15) is 0 Å². The van der Waals surface area contributed by atoms with E-state index in [4.69, 9.17) is 4.74 Å². The molecule has 1 aromatic rings. The molecular weight excluding hydrogens is 408 g/mol. The molecule has 4 rings (SSSR count). The van der Waals surface area contributed by atoms with Gasteiger partial charge in [0.05, 0.1) is 12.8 Å². The van der Waals surface area contributed by atoms with Crippen LogP contribution in [-0.2, 0) is 9.59 Å². The number of nitrogens with zero attached hydrogens (tertiary/aromatic N) is 3. The lowest BCUT2D eigenvalue weighted by Gasteiger charge is -2.43. The number of carbonyl (C=O) groups is 3. The van der Waals surface area contributed by atoms with Crippen LogP contribution in [0.15, 0.2) is 24.3 Å². The van der Waals surface area contributed by atoms with Gasteiger partial charge >= 0.3 is 6.03 Å². The van der Waals surface area contributed by atoms with E-state index < -0.39 is 11.6 Å². The van der Waals surface area contributed by atoms with Crippen molar-refractivity contribution in [1.29, 1.82) is 0 Å². The van der Waals surface area contributed by atoms with E-state index in [1.807, 2.05) is 24.3 Å². The average molecular weight is 443 g/mol. The second kappa shape index (κ2) is 8.30. The van der Waals surface area contributed by atoms with Crippen LogP contribution in [0.4, 0.5) is 10.5 Å². The third-order valence-corrected chi connectivity index (χ3v) is 6.98. The van der Waals surface area contributed by atoms with Gasteiger partial charge in [-0.25, -0.2) is 4.79 Å². The van der Waals surface area contributed by atoms with Crippen molar-refractivity contribution in [1.82, 2.24) is 15.1 Å². The van der Waals surface area contributed by atoms with Crippen LogP contribution in [-0.4, -0.2) is 73.0 Å². The van der Waals surface area contributed by atoms with Crippen LogP contribution in [0.3, 0.4) is 0 Å². The zero-order valence-electron chi connectivity index (χ0n) is 19.5. The van der Waals surface area contributed by atoms with Crippen LogP contribution < -0.4 is 15.0 Å². The van der Waals surface area contributed by atoms with Crippen LogP contribution in [0.1, 0.15) is 40.0 Å². The number of hydrogen-bond donors (Lipinski definition) is 1. The van der Waals surface area contributed by atoms with Gasteiger partial charge in [-0.15, -0.1) is 0 Å². The van der Waals surface area contributed by atoms with Crippen LogP contribution in [0, 0.1) is 11.3 Å². The number of carbonyl (C=O) groups excluding carboxylic acids is 3. The molecule has 2 atom stereocenters. The molecule has 4 amide bonds. The SMILES string of the molecule is COc1ccccc1N1CCN(C(=O)CN2C(=O)N[C@@]3(C[C@H](C)CC(C)(C)C3)C2=O)CC1. The van der Waals surface area contributed by atoms with Crippen molar-refractivity contribution in [2.45, 2.75) is 45.6 Å². The lowest BCUT2D eigenvalue weighted by atomic mass is 9.64. The monoisotopic (exact) mass is 442 g/mol. The highest BCUT2D eigenvalue weighted by atomic mass is 16.5. The Kier molecular flexibility index (Phi) is 5.81. The largest absolute Gasteiger partial charge is 0.495 e. The Morgan fingerprint density at radius 2 is 1.81 bits per heavy atom.